The van der Waals surface area contributed by atoms with E-state index < -0.39 is 10.0 Å². The standard InChI is InChI=1S/C20H24ClN3O3S/c1-14(15-2-4-16(21)5-3-15)24(18-8-9-18)13-12-20(25)23-17-6-10-19(11-7-17)28(22,26)27/h2-7,10-11,14,18H,8-9,12-13H2,1H3,(H,23,25)(H2,22,26,27). The molecule has 0 saturated heterocycles. The van der Waals surface area contributed by atoms with E-state index in [0.29, 0.717) is 29.7 Å². The molecule has 0 aliphatic heterocycles. The van der Waals surface area contributed by atoms with E-state index >= 15 is 0 Å². The number of carbonyl (C=O) groups is 1. The number of hydrogen-bond acceptors (Lipinski definition) is 4. The highest BCUT2D eigenvalue weighted by molar-refractivity contribution is 7.89. The molecule has 8 heteroatoms. The molecule has 28 heavy (non-hydrogen) atoms. The average molecular weight is 422 g/mol. The van der Waals surface area contributed by atoms with Crippen molar-refractivity contribution in [1.29, 1.82) is 0 Å². The first-order valence-corrected chi connectivity index (χ1v) is 11.1. The Bertz CT molecular complexity index is 926. The van der Waals surface area contributed by atoms with Crippen LogP contribution >= 0.6 is 11.6 Å². The van der Waals surface area contributed by atoms with Gasteiger partial charge in [-0.1, -0.05) is 23.7 Å². The second kappa shape index (κ2) is 8.61. The minimum absolute atomic E-state index is 0.0159. The number of hydrogen-bond donors (Lipinski definition) is 2. The summed E-state index contributed by atoms with van der Waals surface area (Å²) in [6.45, 7) is 2.79. The van der Waals surface area contributed by atoms with Crippen LogP contribution in [-0.2, 0) is 14.8 Å². The lowest BCUT2D eigenvalue weighted by Gasteiger charge is -2.29. The predicted octanol–water partition coefficient (Wildman–Crippen LogP) is 3.54. The van der Waals surface area contributed by atoms with E-state index in [9.17, 15) is 13.2 Å². The first kappa shape index (κ1) is 20.8. The summed E-state index contributed by atoms with van der Waals surface area (Å²) in [6, 6.07) is 14.4. The fourth-order valence-corrected chi connectivity index (χ4v) is 3.85. The van der Waals surface area contributed by atoms with Crippen LogP contribution in [0.15, 0.2) is 53.4 Å². The van der Waals surface area contributed by atoms with Gasteiger partial charge in [-0.3, -0.25) is 9.69 Å². The van der Waals surface area contributed by atoms with Crippen molar-refractivity contribution < 1.29 is 13.2 Å². The van der Waals surface area contributed by atoms with Crippen LogP contribution in [-0.4, -0.2) is 31.8 Å². The molecule has 3 rings (SSSR count). The topological polar surface area (TPSA) is 92.5 Å². The fraction of sp³-hybridized carbons (Fsp3) is 0.350. The molecule has 1 aliphatic carbocycles. The zero-order valence-electron chi connectivity index (χ0n) is 15.6. The van der Waals surface area contributed by atoms with Gasteiger partial charge in [0.15, 0.2) is 0 Å². The number of nitrogens with one attached hydrogen (secondary N) is 1. The van der Waals surface area contributed by atoms with E-state index in [1.54, 1.807) is 0 Å². The van der Waals surface area contributed by atoms with Crippen LogP contribution in [0.1, 0.15) is 37.8 Å². The predicted molar refractivity (Wildman–Crippen MR) is 111 cm³/mol. The Morgan fingerprint density at radius 2 is 1.79 bits per heavy atom. The normalized spacial score (nSPS) is 15.4. The van der Waals surface area contributed by atoms with E-state index in [4.69, 9.17) is 16.7 Å². The van der Waals surface area contributed by atoms with Gasteiger partial charge >= 0.3 is 0 Å². The van der Waals surface area contributed by atoms with Gasteiger partial charge < -0.3 is 5.32 Å². The summed E-state index contributed by atoms with van der Waals surface area (Å²) >= 11 is 5.98. The van der Waals surface area contributed by atoms with Gasteiger partial charge in [-0.05, 0) is 61.7 Å². The summed E-state index contributed by atoms with van der Waals surface area (Å²) in [7, 11) is -3.74. The Hall–Kier alpha value is -1.93. The van der Waals surface area contributed by atoms with Crippen LogP contribution in [0.25, 0.3) is 0 Å². The summed E-state index contributed by atoms with van der Waals surface area (Å²) < 4.78 is 22.6. The zero-order valence-corrected chi connectivity index (χ0v) is 17.2. The summed E-state index contributed by atoms with van der Waals surface area (Å²) in [5.41, 5.74) is 1.72. The lowest BCUT2D eigenvalue weighted by Crippen LogP contribution is -2.32. The van der Waals surface area contributed by atoms with Crippen molar-refractivity contribution in [1.82, 2.24) is 4.90 Å². The number of anilines is 1. The van der Waals surface area contributed by atoms with Crippen molar-refractivity contribution >= 4 is 33.2 Å². The molecular formula is C20H24ClN3O3S. The molecule has 150 valence electrons. The van der Waals surface area contributed by atoms with Gasteiger partial charge in [0.05, 0.1) is 4.90 Å². The van der Waals surface area contributed by atoms with Crippen molar-refractivity contribution in [2.45, 2.75) is 43.2 Å². The van der Waals surface area contributed by atoms with Gasteiger partial charge in [-0.15, -0.1) is 0 Å². The molecule has 1 aliphatic rings. The van der Waals surface area contributed by atoms with Crippen molar-refractivity contribution in [3.05, 3.63) is 59.1 Å². The molecule has 0 aromatic heterocycles. The molecule has 1 atom stereocenters. The van der Waals surface area contributed by atoms with Crippen LogP contribution < -0.4 is 10.5 Å². The fourth-order valence-electron chi connectivity index (χ4n) is 3.21. The van der Waals surface area contributed by atoms with Crippen molar-refractivity contribution in [3.63, 3.8) is 0 Å². The quantitative estimate of drug-likeness (QED) is 0.681. The number of amides is 1. The van der Waals surface area contributed by atoms with Gasteiger partial charge in [0.2, 0.25) is 15.9 Å². The second-order valence-corrected chi connectivity index (χ2v) is 9.06. The SMILES string of the molecule is CC(c1ccc(Cl)cc1)N(CCC(=O)Nc1ccc(S(N)(=O)=O)cc1)C1CC1. The molecule has 0 radical (unpaired) electrons. The van der Waals surface area contributed by atoms with Gasteiger partial charge in [-0.2, -0.15) is 0 Å². The Morgan fingerprint density at radius 3 is 2.32 bits per heavy atom. The summed E-state index contributed by atoms with van der Waals surface area (Å²) in [4.78, 5) is 14.7. The first-order chi connectivity index (χ1) is 13.2. The summed E-state index contributed by atoms with van der Waals surface area (Å²) in [6.07, 6.45) is 2.65. The lowest BCUT2D eigenvalue weighted by atomic mass is 10.1. The van der Waals surface area contributed by atoms with Gasteiger partial charge in [0.1, 0.15) is 0 Å². The van der Waals surface area contributed by atoms with E-state index in [1.165, 1.54) is 29.8 Å². The first-order valence-electron chi connectivity index (χ1n) is 9.18. The maximum Gasteiger partial charge on any atom is 0.238 e. The number of benzene rings is 2. The summed E-state index contributed by atoms with van der Waals surface area (Å²) in [5, 5.41) is 8.59. The minimum atomic E-state index is -3.74. The van der Waals surface area contributed by atoms with Crippen LogP contribution in [0.2, 0.25) is 5.02 Å². The molecule has 1 unspecified atom stereocenters. The van der Waals surface area contributed by atoms with Gasteiger partial charge in [0, 0.05) is 35.8 Å². The lowest BCUT2D eigenvalue weighted by molar-refractivity contribution is -0.116. The van der Waals surface area contributed by atoms with Crippen LogP contribution in [0.3, 0.4) is 0 Å². The highest BCUT2D eigenvalue weighted by Crippen LogP contribution is 2.34. The number of halogens is 1. The van der Waals surface area contributed by atoms with E-state index in [0.717, 1.165) is 12.8 Å². The third kappa shape index (κ3) is 5.54. The molecule has 0 spiro atoms. The minimum Gasteiger partial charge on any atom is -0.326 e. The molecule has 0 bridgehead atoms. The van der Waals surface area contributed by atoms with Gasteiger partial charge in [-0.25, -0.2) is 13.6 Å². The van der Waals surface area contributed by atoms with E-state index in [1.807, 2.05) is 24.3 Å². The highest BCUT2D eigenvalue weighted by Gasteiger charge is 2.32. The summed E-state index contributed by atoms with van der Waals surface area (Å²) in [5.74, 6) is -0.114. The monoisotopic (exact) mass is 421 g/mol. The van der Waals surface area contributed by atoms with Crippen LogP contribution in [0.4, 0.5) is 5.69 Å². The zero-order chi connectivity index (χ0) is 20.3. The van der Waals surface area contributed by atoms with E-state index in [-0.39, 0.29) is 16.8 Å². The highest BCUT2D eigenvalue weighted by atomic mass is 35.5. The maximum absolute atomic E-state index is 12.3. The number of nitrogens with two attached hydrogens (primary N) is 1. The molecule has 6 nitrogen and oxygen atoms in total. The largest absolute Gasteiger partial charge is 0.326 e. The molecule has 0 heterocycles. The number of primary sulfonamides is 1. The molecular weight excluding hydrogens is 398 g/mol. The van der Waals surface area contributed by atoms with E-state index in [2.05, 4.69) is 17.1 Å². The molecule has 2 aromatic rings. The third-order valence-electron chi connectivity index (χ3n) is 4.93. The van der Waals surface area contributed by atoms with Crippen LogP contribution in [0.5, 0.6) is 0 Å². The third-order valence-corrected chi connectivity index (χ3v) is 6.11. The Labute approximate surface area is 170 Å². The number of sulfonamides is 1. The number of carbonyl (C=O) groups excluding carboxylic acids is 1. The van der Waals surface area contributed by atoms with Crippen molar-refractivity contribution in [3.8, 4) is 0 Å². The molecule has 1 fully saturated rings. The molecule has 1 saturated carbocycles. The average Bonchev–Trinajstić information content (AvgIpc) is 3.47. The van der Waals surface area contributed by atoms with Gasteiger partial charge in [0.25, 0.3) is 0 Å². The van der Waals surface area contributed by atoms with Crippen molar-refractivity contribution in [2.24, 2.45) is 5.14 Å². The second-order valence-electron chi connectivity index (χ2n) is 7.06. The molecule has 2 aromatic carbocycles. The Kier molecular flexibility index (Phi) is 6.40. The Balaban J connectivity index is 1.58. The molecule has 1 amide bonds. The van der Waals surface area contributed by atoms with Crippen molar-refractivity contribution in [2.75, 3.05) is 11.9 Å². The number of nitrogens with zero attached hydrogens (tertiary/aromatic N) is 1. The Morgan fingerprint density at radius 1 is 1.18 bits per heavy atom. The smallest absolute Gasteiger partial charge is 0.238 e. The van der Waals surface area contributed by atoms with Crippen LogP contribution in [0, 0.1) is 0 Å². The number of rotatable bonds is 8. The maximum atomic E-state index is 12.3. The molecule has 3 N–H and O–H groups in total.